The minimum absolute atomic E-state index is 0.0224. The molecule has 1 aromatic rings. The first-order valence-corrected chi connectivity index (χ1v) is 7.27. The molecule has 1 saturated heterocycles. The van der Waals surface area contributed by atoms with Crippen LogP contribution in [-0.2, 0) is 14.8 Å². The highest BCUT2D eigenvalue weighted by Gasteiger charge is 2.30. The molecule has 0 radical (unpaired) electrons. The van der Waals surface area contributed by atoms with Crippen LogP contribution in [0.3, 0.4) is 0 Å². The molecule has 8 nitrogen and oxygen atoms in total. The smallest absolute Gasteiger partial charge is 0.413 e. The van der Waals surface area contributed by atoms with Gasteiger partial charge in [-0.1, -0.05) is 0 Å². The molecular formula is C11H14N2O6S. The van der Waals surface area contributed by atoms with Gasteiger partial charge in [0.25, 0.3) is 0 Å². The van der Waals surface area contributed by atoms with Gasteiger partial charge in [0.15, 0.2) is 6.73 Å². The van der Waals surface area contributed by atoms with E-state index in [0.717, 1.165) is 0 Å². The summed E-state index contributed by atoms with van der Waals surface area (Å²) >= 11 is 0. The van der Waals surface area contributed by atoms with Crippen molar-refractivity contribution in [1.29, 1.82) is 0 Å². The SMILES string of the molecule is NS(=O)(=O)c1ccc(OCN2CC(CO)OC2=O)cc1. The predicted octanol–water partition coefficient (Wildman–Crippen LogP) is -0.517. The number of ether oxygens (including phenoxy) is 2. The van der Waals surface area contributed by atoms with E-state index in [1.54, 1.807) is 0 Å². The molecule has 2 rings (SSSR count). The maximum Gasteiger partial charge on any atom is 0.413 e. The molecule has 9 heteroatoms. The summed E-state index contributed by atoms with van der Waals surface area (Å²) in [6.45, 7) is -0.0556. The zero-order chi connectivity index (χ0) is 14.8. The number of cyclic esters (lactones) is 1. The van der Waals surface area contributed by atoms with Gasteiger partial charge in [0.05, 0.1) is 18.0 Å². The number of aliphatic hydroxyl groups excluding tert-OH is 1. The number of primary sulfonamides is 1. The largest absolute Gasteiger partial charge is 0.473 e. The fourth-order valence-corrected chi connectivity index (χ4v) is 2.17. The van der Waals surface area contributed by atoms with Crippen LogP contribution in [0.5, 0.6) is 5.75 Å². The second-order valence-corrected chi connectivity index (χ2v) is 5.76. The Labute approximate surface area is 115 Å². The van der Waals surface area contributed by atoms with Crippen LogP contribution < -0.4 is 9.88 Å². The van der Waals surface area contributed by atoms with Crippen LogP contribution in [0.25, 0.3) is 0 Å². The summed E-state index contributed by atoms with van der Waals surface area (Å²) in [5.74, 6) is 0.387. The Morgan fingerprint density at radius 3 is 2.55 bits per heavy atom. The molecule has 1 fully saturated rings. The first kappa shape index (κ1) is 14.6. The van der Waals surface area contributed by atoms with E-state index in [2.05, 4.69) is 0 Å². The quantitative estimate of drug-likeness (QED) is 0.755. The number of rotatable bonds is 5. The lowest BCUT2D eigenvalue weighted by molar-refractivity contribution is 0.0926. The number of benzene rings is 1. The first-order chi connectivity index (χ1) is 9.40. The van der Waals surface area contributed by atoms with E-state index in [-0.39, 0.29) is 24.8 Å². The Balaban J connectivity index is 1.93. The van der Waals surface area contributed by atoms with E-state index in [4.69, 9.17) is 19.7 Å². The van der Waals surface area contributed by atoms with Crippen LogP contribution in [0.15, 0.2) is 29.2 Å². The van der Waals surface area contributed by atoms with E-state index < -0.39 is 22.2 Å². The van der Waals surface area contributed by atoms with Crippen molar-refractivity contribution in [1.82, 2.24) is 4.90 Å². The number of sulfonamides is 1. The number of nitrogens with zero attached hydrogens (tertiary/aromatic N) is 1. The van der Waals surface area contributed by atoms with Crippen molar-refractivity contribution in [2.75, 3.05) is 19.9 Å². The molecule has 0 aromatic heterocycles. The minimum atomic E-state index is -3.74. The summed E-state index contributed by atoms with van der Waals surface area (Å²) in [5, 5.41) is 13.8. The summed E-state index contributed by atoms with van der Waals surface area (Å²) in [6, 6.07) is 5.49. The summed E-state index contributed by atoms with van der Waals surface area (Å²) in [6.07, 6.45) is -1.11. The van der Waals surface area contributed by atoms with Gasteiger partial charge in [-0.3, -0.25) is 4.90 Å². The number of hydrogen-bond acceptors (Lipinski definition) is 6. The Hall–Kier alpha value is -1.84. The molecule has 1 aliphatic rings. The van der Waals surface area contributed by atoms with Crippen LogP contribution in [0.2, 0.25) is 0 Å². The molecule has 0 spiro atoms. The van der Waals surface area contributed by atoms with Crippen LogP contribution in [0.4, 0.5) is 4.79 Å². The molecule has 1 heterocycles. The Morgan fingerprint density at radius 2 is 2.05 bits per heavy atom. The zero-order valence-corrected chi connectivity index (χ0v) is 11.2. The normalized spacial score (nSPS) is 19.0. The maximum atomic E-state index is 11.4. The fourth-order valence-electron chi connectivity index (χ4n) is 1.65. The van der Waals surface area contributed by atoms with Gasteiger partial charge in [0, 0.05) is 0 Å². The molecule has 0 aliphatic carbocycles. The number of carbonyl (C=O) groups is 1. The van der Waals surface area contributed by atoms with E-state index in [1.807, 2.05) is 0 Å². The highest BCUT2D eigenvalue weighted by Crippen LogP contribution is 2.16. The molecule has 1 aliphatic heterocycles. The zero-order valence-electron chi connectivity index (χ0n) is 10.4. The van der Waals surface area contributed by atoms with Crippen molar-refractivity contribution in [3.05, 3.63) is 24.3 Å². The molecule has 20 heavy (non-hydrogen) atoms. The van der Waals surface area contributed by atoms with E-state index in [1.165, 1.54) is 29.2 Å². The topological polar surface area (TPSA) is 119 Å². The summed E-state index contributed by atoms with van der Waals surface area (Å²) < 4.78 is 32.3. The van der Waals surface area contributed by atoms with Crippen molar-refractivity contribution in [2.45, 2.75) is 11.0 Å². The average molecular weight is 302 g/mol. The van der Waals surface area contributed by atoms with Crippen LogP contribution in [-0.4, -0.2) is 50.5 Å². The monoisotopic (exact) mass is 302 g/mol. The Kier molecular flexibility index (Phi) is 4.12. The summed E-state index contributed by atoms with van der Waals surface area (Å²) in [7, 11) is -3.74. The molecule has 1 unspecified atom stereocenters. The van der Waals surface area contributed by atoms with Crippen molar-refractivity contribution in [3.8, 4) is 5.75 Å². The maximum absolute atomic E-state index is 11.4. The van der Waals surface area contributed by atoms with Crippen molar-refractivity contribution >= 4 is 16.1 Å². The second kappa shape index (κ2) is 5.65. The van der Waals surface area contributed by atoms with E-state index in [9.17, 15) is 13.2 Å². The molecule has 0 saturated carbocycles. The van der Waals surface area contributed by atoms with Gasteiger partial charge in [-0.05, 0) is 24.3 Å². The van der Waals surface area contributed by atoms with Crippen LogP contribution >= 0.6 is 0 Å². The number of carbonyl (C=O) groups excluding carboxylic acids is 1. The molecule has 1 aromatic carbocycles. The van der Waals surface area contributed by atoms with Gasteiger partial charge in [-0.2, -0.15) is 0 Å². The van der Waals surface area contributed by atoms with Gasteiger partial charge >= 0.3 is 6.09 Å². The highest BCUT2D eigenvalue weighted by molar-refractivity contribution is 7.89. The number of aliphatic hydroxyl groups is 1. The minimum Gasteiger partial charge on any atom is -0.473 e. The van der Waals surface area contributed by atoms with Crippen LogP contribution in [0.1, 0.15) is 0 Å². The van der Waals surface area contributed by atoms with Gasteiger partial charge < -0.3 is 14.6 Å². The fraction of sp³-hybridized carbons (Fsp3) is 0.364. The molecule has 3 N–H and O–H groups in total. The molecular weight excluding hydrogens is 288 g/mol. The van der Waals surface area contributed by atoms with Gasteiger partial charge in [0.2, 0.25) is 10.0 Å². The third-order valence-electron chi connectivity index (χ3n) is 2.69. The van der Waals surface area contributed by atoms with Crippen LogP contribution in [0, 0.1) is 0 Å². The van der Waals surface area contributed by atoms with Gasteiger partial charge in [-0.25, -0.2) is 18.4 Å². The lowest BCUT2D eigenvalue weighted by atomic mass is 10.3. The van der Waals surface area contributed by atoms with Gasteiger partial charge in [-0.15, -0.1) is 0 Å². The third-order valence-corrected chi connectivity index (χ3v) is 3.62. The van der Waals surface area contributed by atoms with Crippen molar-refractivity contribution in [2.24, 2.45) is 5.14 Å². The lowest BCUT2D eigenvalue weighted by Gasteiger charge is -2.14. The van der Waals surface area contributed by atoms with E-state index in [0.29, 0.717) is 5.75 Å². The number of amides is 1. The number of hydrogen-bond donors (Lipinski definition) is 2. The molecule has 1 amide bonds. The van der Waals surface area contributed by atoms with Crippen molar-refractivity contribution < 1.29 is 27.8 Å². The highest BCUT2D eigenvalue weighted by atomic mass is 32.2. The van der Waals surface area contributed by atoms with Crippen molar-refractivity contribution in [3.63, 3.8) is 0 Å². The second-order valence-electron chi connectivity index (χ2n) is 4.20. The van der Waals surface area contributed by atoms with Gasteiger partial charge in [0.1, 0.15) is 11.9 Å². The predicted molar refractivity (Wildman–Crippen MR) is 67.4 cm³/mol. The number of nitrogens with two attached hydrogens (primary N) is 1. The average Bonchev–Trinajstić information content (AvgIpc) is 2.76. The molecule has 1 atom stereocenters. The molecule has 110 valence electrons. The van der Waals surface area contributed by atoms with E-state index >= 15 is 0 Å². The lowest BCUT2D eigenvalue weighted by Crippen LogP contribution is -2.30. The first-order valence-electron chi connectivity index (χ1n) is 5.72. The molecule has 0 bridgehead atoms. The Morgan fingerprint density at radius 1 is 1.40 bits per heavy atom. The Bertz CT molecular complexity index is 585. The summed E-state index contributed by atoms with van der Waals surface area (Å²) in [5.41, 5.74) is 0. The summed E-state index contributed by atoms with van der Waals surface area (Å²) in [4.78, 5) is 12.6. The standard InChI is InChI=1S/C11H14N2O6S/c12-20(16,17)10-3-1-8(2-4-10)18-7-13-5-9(6-14)19-11(13)15/h1-4,9,14H,5-7H2,(H2,12,16,17). The third kappa shape index (κ3) is 3.38.